The summed E-state index contributed by atoms with van der Waals surface area (Å²) >= 11 is 0. The molecule has 0 aromatic carbocycles. The zero-order valence-corrected chi connectivity index (χ0v) is 11.3. The van der Waals surface area contributed by atoms with Crippen LogP contribution in [0.2, 0.25) is 0 Å². The third-order valence-electron chi connectivity index (χ3n) is 3.66. The molecule has 0 saturated carbocycles. The van der Waals surface area contributed by atoms with Crippen LogP contribution >= 0.6 is 0 Å². The SMILES string of the molecule is O=c1c2ncccc2ncn1CC(O)CN1CCCC1. The predicted molar refractivity (Wildman–Crippen MR) is 75.5 cm³/mol. The van der Waals surface area contributed by atoms with Crippen LogP contribution in [-0.2, 0) is 6.54 Å². The highest BCUT2D eigenvalue weighted by Crippen LogP contribution is 2.08. The Morgan fingerprint density at radius 3 is 2.85 bits per heavy atom. The van der Waals surface area contributed by atoms with E-state index in [0.29, 0.717) is 17.6 Å². The maximum Gasteiger partial charge on any atom is 0.279 e. The normalized spacial score (nSPS) is 17.6. The van der Waals surface area contributed by atoms with Crippen LogP contribution < -0.4 is 5.56 Å². The largest absolute Gasteiger partial charge is 0.390 e. The van der Waals surface area contributed by atoms with Crippen LogP contribution in [0, 0.1) is 0 Å². The van der Waals surface area contributed by atoms with Gasteiger partial charge in [-0.2, -0.15) is 0 Å². The molecule has 1 unspecified atom stereocenters. The van der Waals surface area contributed by atoms with Crippen molar-refractivity contribution in [3.63, 3.8) is 0 Å². The van der Waals surface area contributed by atoms with E-state index in [2.05, 4.69) is 14.9 Å². The Kier molecular flexibility index (Phi) is 3.75. The van der Waals surface area contributed by atoms with Crippen LogP contribution in [0.3, 0.4) is 0 Å². The van der Waals surface area contributed by atoms with Gasteiger partial charge in [0.15, 0.2) is 5.52 Å². The third-order valence-corrected chi connectivity index (χ3v) is 3.66. The van der Waals surface area contributed by atoms with Gasteiger partial charge in [-0.05, 0) is 38.1 Å². The van der Waals surface area contributed by atoms with Crippen molar-refractivity contribution in [2.24, 2.45) is 0 Å². The molecule has 0 aliphatic carbocycles. The maximum atomic E-state index is 12.2. The highest BCUT2D eigenvalue weighted by molar-refractivity contribution is 5.71. The van der Waals surface area contributed by atoms with Crippen molar-refractivity contribution in [3.05, 3.63) is 35.0 Å². The monoisotopic (exact) mass is 274 g/mol. The summed E-state index contributed by atoms with van der Waals surface area (Å²) < 4.78 is 1.44. The zero-order chi connectivity index (χ0) is 13.9. The van der Waals surface area contributed by atoms with Gasteiger partial charge in [0, 0.05) is 12.7 Å². The van der Waals surface area contributed by atoms with Crippen molar-refractivity contribution in [1.29, 1.82) is 0 Å². The van der Waals surface area contributed by atoms with Crippen LogP contribution in [0.1, 0.15) is 12.8 Å². The highest BCUT2D eigenvalue weighted by Gasteiger charge is 2.17. The summed E-state index contributed by atoms with van der Waals surface area (Å²) in [7, 11) is 0. The highest BCUT2D eigenvalue weighted by atomic mass is 16.3. The van der Waals surface area contributed by atoms with E-state index in [1.807, 2.05) is 0 Å². The number of nitrogens with zero attached hydrogens (tertiary/aromatic N) is 4. The van der Waals surface area contributed by atoms with E-state index in [9.17, 15) is 9.90 Å². The van der Waals surface area contributed by atoms with E-state index in [-0.39, 0.29) is 12.1 Å². The first-order chi connectivity index (χ1) is 9.74. The second-order valence-corrected chi connectivity index (χ2v) is 5.23. The van der Waals surface area contributed by atoms with Gasteiger partial charge in [-0.15, -0.1) is 0 Å². The van der Waals surface area contributed by atoms with Gasteiger partial charge in [0.05, 0.1) is 24.5 Å². The Labute approximate surface area is 116 Å². The molecule has 1 aliphatic rings. The molecule has 3 heterocycles. The molecule has 0 radical (unpaired) electrons. The van der Waals surface area contributed by atoms with Crippen molar-refractivity contribution in [2.75, 3.05) is 19.6 Å². The smallest absolute Gasteiger partial charge is 0.279 e. The van der Waals surface area contributed by atoms with E-state index < -0.39 is 6.10 Å². The van der Waals surface area contributed by atoms with Gasteiger partial charge < -0.3 is 10.0 Å². The number of hydrogen-bond donors (Lipinski definition) is 1. The van der Waals surface area contributed by atoms with Crippen LogP contribution in [-0.4, -0.2) is 50.3 Å². The molecular weight excluding hydrogens is 256 g/mol. The molecule has 6 heteroatoms. The molecular formula is C14H18N4O2. The number of hydrogen-bond acceptors (Lipinski definition) is 5. The summed E-state index contributed by atoms with van der Waals surface area (Å²) in [6, 6.07) is 3.51. The molecule has 6 nitrogen and oxygen atoms in total. The topological polar surface area (TPSA) is 71.2 Å². The van der Waals surface area contributed by atoms with E-state index in [1.54, 1.807) is 18.3 Å². The number of fused-ring (bicyclic) bond motifs is 1. The number of aromatic nitrogens is 3. The molecule has 2 aromatic heterocycles. The molecule has 106 valence electrons. The van der Waals surface area contributed by atoms with Gasteiger partial charge in [0.2, 0.25) is 0 Å². The molecule has 1 N–H and O–H groups in total. The lowest BCUT2D eigenvalue weighted by atomic mass is 10.3. The first-order valence-corrected chi connectivity index (χ1v) is 6.94. The van der Waals surface area contributed by atoms with Gasteiger partial charge in [0.1, 0.15) is 0 Å². The fourth-order valence-corrected chi connectivity index (χ4v) is 2.66. The van der Waals surface area contributed by atoms with Crippen LogP contribution in [0.25, 0.3) is 11.0 Å². The number of aliphatic hydroxyl groups excluding tert-OH is 1. The molecule has 20 heavy (non-hydrogen) atoms. The van der Waals surface area contributed by atoms with E-state index in [0.717, 1.165) is 13.1 Å². The predicted octanol–water partition coefficient (Wildman–Crippen LogP) is 0.248. The Bertz CT molecular complexity index is 649. The summed E-state index contributed by atoms with van der Waals surface area (Å²) in [6.07, 6.45) is 4.88. The van der Waals surface area contributed by atoms with Crippen molar-refractivity contribution < 1.29 is 5.11 Å². The lowest BCUT2D eigenvalue weighted by Gasteiger charge is -2.19. The molecule has 0 bridgehead atoms. The lowest BCUT2D eigenvalue weighted by molar-refractivity contribution is 0.108. The van der Waals surface area contributed by atoms with E-state index >= 15 is 0 Å². The van der Waals surface area contributed by atoms with E-state index in [1.165, 1.54) is 23.7 Å². The molecule has 2 aromatic rings. The average Bonchev–Trinajstić information content (AvgIpc) is 2.95. The second kappa shape index (κ2) is 5.68. The second-order valence-electron chi connectivity index (χ2n) is 5.23. The molecule has 3 rings (SSSR count). The lowest BCUT2D eigenvalue weighted by Crippen LogP contribution is -2.35. The van der Waals surface area contributed by atoms with Crippen molar-refractivity contribution in [3.8, 4) is 0 Å². The minimum Gasteiger partial charge on any atom is -0.390 e. The fraction of sp³-hybridized carbons (Fsp3) is 0.500. The maximum absolute atomic E-state index is 12.2. The van der Waals surface area contributed by atoms with Crippen molar-refractivity contribution >= 4 is 11.0 Å². The molecule has 0 amide bonds. The van der Waals surface area contributed by atoms with Gasteiger partial charge in [-0.25, -0.2) is 9.97 Å². The average molecular weight is 274 g/mol. The Morgan fingerprint density at radius 2 is 2.05 bits per heavy atom. The quantitative estimate of drug-likeness (QED) is 0.865. The number of aliphatic hydroxyl groups is 1. The Morgan fingerprint density at radius 1 is 1.25 bits per heavy atom. The van der Waals surface area contributed by atoms with E-state index in [4.69, 9.17) is 0 Å². The summed E-state index contributed by atoms with van der Waals surface area (Å²) in [6.45, 7) is 2.93. The standard InChI is InChI=1S/C14H18N4O2/c19-11(8-17-6-1-2-7-17)9-18-10-16-12-4-3-5-15-13(12)14(18)20/h3-5,10-11,19H,1-2,6-9H2. The van der Waals surface area contributed by atoms with Gasteiger partial charge in [-0.1, -0.05) is 0 Å². The van der Waals surface area contributed by atoms with Gasteiger partial charge in [-0.3, -0.25) is 9.36 Å². The summed E-state index contributed by atoms with van der Waals surface area (Å²) in [5, 5.41) is 10.1. The summed E-state index contributed by atoms with van der Waals surface area (Å²) in [5.41, 5.74) is 0.738. The summed E-state index contributed by atoms with van der Waals surface area (Å²) in [5.74, 6) is 0. The first-order valence-electron chi connectivity index (χ1n) is 6.94. The van der Waals surface area contributed by atoms with Crippen LogP contribution in [0.5, 0.6) is 0 Å². The molecule has 1 aliphatic heterocycles. The summed E-state index contributed by atoms with van der Waals surface area (Å²) in [4.78, 5) is 22.7. The zero-order valence-electron chi connectivity index (χ0n) is 11.3. The van der Waals surface area contributed by atoms with Gasteiger partial charge >= 0.3 is 0 Å². The van der Waals surface area contributed by atoms with Crippen LogP contribution in [0.15, 0.2) is 29.5 Å². The molecule has 1 saturated heterocycles. The number of rotatable bonds is 4. The molecule has 1 atom stereocenters. The number of pyridine rings is 1. The van der Waals surface area contributed by atoms with Gasteiger partial charge in [0.25, 0.3) is 5.56 Å². The minimum atomic E-state index is -0.561. The van der Waals surface area contributed by atoms with Crippen LogP contribution in [0.4, 0.5) is 0 Å². The third kappa shape index (κ3) is 2.71. The Balaban J connectivity index is 1.76. The molecule has 0 spiro atoms. The Hall–Kier alpha value is -1.79. The number of β-amino-alcohol motifs (C(OH)–C–C–N with tert-alkyl or cyclic N) is 1. The fourth-order valence-electron chi connectivity index (χ4n) is 2.66. The van der Waals surface area contributed by atoms with Crippen molar-refractivity contribution in [1.82, 2.24) is 19.4 Å². The van der Waals surface area contributed by atoms with Crippen molar-refractivity contribution in [2.45, 2.75) is 25.5 Å². The number of likely N-dealkylation sites (tertiary alicyclic amines) is 1. The minimum absolute atomic E-state index is 0.198. The molecule has 1 fully saturated rings. The first kappa shape index (κ1) is 13.2.